The number of aromatic nitrogens is 3. The summed E-state index contributed by atoms with van der Waals surface area (Å²) in [6.07, 6.45) is 5.60. The smallest absolute Gasteiger partial charge is 0.124 e. The average molecular weight is 313 g/mol. The number of fused-ring (bicyclic) bond motifs is 4. The van der Waals surface area contributed by atoms with Crippen molar-refractivity contribution in [3.63, 3.8) is 0 Å². The maximum atomic E-state index is 4.62. The number of benzene rings is 1. The minimum absolute atomic E-state index is 0.904. The Morgan fingerprint density at radius 2 is 1.65 bits per heavy atom. The molecule has 0 aliphatic rings. The van der Waals surface area contributed by atoms with Gasteiger partial charge in [0.2, 0.25) is 0 Å². The van der Waals surface area contributed by atoms with E-state index in [0.29, 0.717) is 0 Å². The van der Waals surface area contributed by atoms with Crippen LogP contribution in [0.4, 0.5) is 0 Å². The van der Waals surface area contributed by atoms with Crippen LogP contribution in [-0.4, -0.2) is 15.0 Å². The Labute approximate surface area is 136 Å². The minimum Gasteiger partial charge on any atom is -0.254 e. The highest BCUT2D eigenvalue weighted by molar-refractivity contribution is 7.25. The zero-order valence-corrected chi connectivity index (χ0v) is 12.9. The van der Waals surface area contributed by atoms with Crippen molar-refractivity contribution >= 4 is 42.4 Å². The summed E-state index contributed by atoms with van der Waals surface area (Å²) in [4.78, 5) is 14.7. The van der Waals surface area contributed by atoms with Gasteiger partial charge in [-0.2, -0.15) is 0 Å². The lowest BCUT2D eigenvalue weighted by molar-refractivity contribution is 1.29. The van der Waals surface area contributed by atoms with Crippen LogP contribution >= 0.6 is 11.3 Å². The number of pyridine rings is 3. The van der Waals surface area contributed by atoms with Gasteiger partial charge in [-0.05, 0) is 29.7 Å². The molecular formula is C19H11N3S. The molecule has 0 aliphatic heterocycles. The largest absolute Gasteiger partial charge is 0.254 e. The Bertz CT molecular complexity index is 1180. The summed E-state index contributed by atoms with van der Waals surface area (Å²) < 4.78 is 1.14. The first-order valence-corrected chi connectivity index (χ1v) is 8.19. The summed E-state index contributed by atoms with van der Waals surface area (Å²) >= 11 is 1.67. The normalized spacial score (nSPS) is 11.5. The molecule has 4 heteroatoms. The zero-order chi connectivity index (χ0) is 15.2. The lowest BCUT2D eigenvalue weighted by Crippen LogP contribution is -1.87. The number of rotatable bonds is 1. The summed E-state index contributed by atoms with van der Waals surface area (Å²) in [6, 6.07) is 16.5. The summed E-state index contributed by atoms with van der Waals surface area (Å²) in [5.41, 5.74) is 1.83. The molecule has 3 nitrogen and oxygen atoms in total. The van der Waals surface area contributed by atoms with Gasteiger partial charge in [-0.1, -0.05) is 24.3 Å². The fraction of sp³-hybridized carbons (Fsp3) is 0. The van der Waals surface area contributed by atoms with Crippen LogP contribution in [0, 0.1) is 0 Å². The molecule has 4 aromatic heterocycles. The third kappa shape index (κ3) is 1.92. The molecule has 108 valence electrons. The van der Waals surface area contributed by atoms with Crippen LogP contribution in [0.15, 0.2) is 67.1 Å². The van der Waals surface area contributed by atoms with E-state index >= 15 is 0 Å². The van der Waals surface area contributed by atoms with Gasteiger partial charge in [-0.3, -0.25) is 9.97 Å². The van der Waals surface area contributed by atoms with Crippen LogP contribution in [0.25, 0.3) is 42.5 Å². The average Bonchev–Trinajstić information content (AvgIpc) is 3.00. The standard InChI is InChI=1S/C19H11N3S/c1-2-5-13-11-22-16(10-12(13)4-1)17-18-14(7-9-20-17)15-6-3-8-21-19(15)23-18/h1-11H. The maximum Gasteiger partial charge on any atom is 0.124 e. The maximum absolute atomic E-state index is 4.62. The molecule has 1 aromatic carbocycles. The van der Waals surface area contributed by atoms with E-state index < -0.39 is 0 Å². The molecule has 0 amide bonds. The summed E-state index contributed by atoms with van der Waals surface area (Å²) in [5.74, 6) is 0. The Hall–Kier alpha value is -2.85. The second-order valence-corrected chi connectivity index (χ2v) is 6.41. The van der Waals surface area contributed by atoms with E-state index in [9.17, 15) is 0 Å². The molecule has 0 saturated heterocycles. The number of hydrogen-bond acceptors (Lipinski definition) is 4. The second-order valence-electron chi connectivity index (χ2n) is 5.41. The Balaban J connectivity index is 1.84. The van der Waals surface area contributed by atoms with Crippen LogP contribution in [0.1, 0.15) is 0 Å². The zero-order valence-electron chi connectivity index (χ0n) is 12.1. The van der Waals surface area contributed by atoms with Gasteiger partial charge in [0, 0.05) is 34.7 Å². The lowest BCUT2D eigenvalue weighted by atomic mass is 10.1. The van der Waals surface area contributed by atoms with E-state index in [0.717, 1.165) is 26.3 Å². The van der Waals surface area contributed by atoms with Gasteiger partial charge in [-0.15, -0.1) is 11.3 Å². The third-order valence-corrected chi connectivity index (χ3v) is 5.17. The fourth-order valence-corrected chi connectivity index (χ4v) is 4.07. The first kappa shape index (κ1) is 12.7. The van der Waals surface area contributed by atoms with Crippen molar-refractivity contribution in [2.75, 3.05) is 0 Å². The van der Waals surface area contributed by atoms with E-state index in [-0.39, 0.29) is 0 Å². The molecule has 0 atom stereocenters. The van der Waals surface area contributed by atoms with Crippen molar-refractivity contribution in [2.24, 2.45) is 0 Å². The monoisotopic (exact) mass is 313 g/mol. The molecular weight excluding hydrogens is 302 g/mol. The van der Waals surface area contributed by atoms with Crippen molar-refractivity contribution < 1.29 is 0 Å². The molecule has 0 N–H and O–H groups in total. The van der Waals surface area contributed by atoms with Gasteiger partial charge < -0.3 is 0 Å². The summed E-state index contributed by atoms with van der Waals surface area (Å²) in [5, 5.41) is 4.69. The first-order valence-electron chi connectivity index (χ1n) is 7.37. The van der Waals surface area contributed by atoms with Gasteiger partial charge in [-0.25, -0.2) is 4.98 Å². The molecule has 0 unspecified atom stereocenters. The fourth-order valence-electron chi connectivity index (χ4n) is 2.93. The van der Waals surface area contributed by atoms with Crippen molar-refractivity contribution in [1.29, 1.82) is 0 Å². The van der Waals surface area contributed by atoms with E-state index in [1.54, 1.807) is 11.3 Å². The third-order valence-electron chi connectivity index (χ3n) is 4.04. The predicted octanol–water partition coefficient (Wildman–Crippen LogP) is 5.06. The quantitative estimate of drug-likeness (QED) is 0.434. The van der Waals surface area contributed by atoms with Gasteiger partial charge in [0.15, 0.2) is 0 Å². The number of nitrogens with zero attached hydrogens (tertiary/aromatic N) is 3. The molecule has 5 aromatic rings. The first-order chi connectivity index (χ1) is 11.4. The minimum atomic E-state index is 0.904. The highest BCUT2D eigenvalue weighted by Crippen LogP contribution is 2.37. The molecule has 0 aliphatic carbocycles. The molecule has 0 radical (unpaired) electrons. The number of hydrogen-bond donors (Lipinski definition) is 0. The van der Waals surface area contributed by atoms with Gasteiger partial charge in [0.25, 0.3) is 0 Å². The van der Waals surface area contributed by atoms with E-state index in [4.69, 9.17) is 0 Å². The van der Waals surface area contributed by atoms with Crippen molar-refractivity contribution in [3.05, 3.63) is 67.1 Å². The van der Waals surface area contributed by atoms with Crippen LogP contribution in [0.2, 0.25) is 0 Å². The van der Waals surface area contributed by atoms with E-state index in [2.05, 4.69) is 45.3 Å². The Morgan fingerprint density at radius 3 is 2.61 bits per heavy atom. The molecule has 5 rings (SSSR count). The van der Waals surface area contributed by atoms with Crippen molar-refractivity contribution in [3.8, 4) is 11.4 Å². The number of thiophene rings is 1. The predicted molar refractivity (Wildman–Crippen MR) is 95.7 cm³/mol. The van der Waals surface area contributed by atoms with Crippen molar-refractivity contribution in [1.82, 2.24) is 15.0 Å². The molecule has 4 heterocycles. The van der Waals surface area contributed by atoms with Crippen LogP contribution in [0.3, 0.4) is 0 Å². The molecule has 0 spiro atoms. The SMILES string of the molecule is c1ccc2cc(-c3nccc4c3sc3ncccc34)ncc2c1. The Kier molecular flexibility index (Phi) is 2.66. The van der Waals surface area contributed by atoms with E-state index in [1.165, 1.54) is 16.2 Å². The topological polar surface area (TPSA) is 38.7 Å². The molecule has 0 fully saturated rings. The van der Waals surface area contributed by atoms with Gasteiger partial charge >= 0.3 is 0 Å². The van der Waals surface area contributed by atoms with Crippen LogP contribution < -0.4 is 0 Å². The second kappa shape index (κ2) is 4.83. The highest BCUT2D eigenvalue weighted by Gasteiger charge is 2.13. The van der Waals surface area contributed by atoms with Gasteiger partial charge in [0.1, 0.15) is 10.5 Å². The summed E-state index contributed by atoms with van der Waals surface area (Å²) in [6.45, 7) is 0. The Morgan fingerprint density at radius 1 is 0.739 bits per heavy atom. The van der Waals surface area contributed by atoms with Gasteiger partial charge in [0.05, 0.1) is 10.4 Å². The highest BCUT2D eigenvalue weighted by atomic mass is 32.1. The van der Waals surface area contributed by atoms with Crippen LogP contribution in [-0.2, 0) is 0 Å². The lowest BCUT2D eigenvalue weighted by Gasteiger charge is -2.03. The molecule has 0 saturated carbocycles. The van der Waals surface area contributed by atoms with E-state index in [1.807, 2.05) is 36.8 Å². The summed E-state index contributed by atoms with van der Waals surface area (Å²) in [7, 11) is 0. The molecule has 0 bridgehead atoms. The molecule has 23 heavy (non-hydrogen) atoms. The van der Waals surface area contributed by atoms with Crippen LogP contribution in [0.5, 0.6) is 0 Å². The van der Waals surface area contributed by atoms with Crippen molar-refractivity contribution in [2.45, 2.75) is 0 Å².